The molecule has 0 rings (SSSR count). The Kier molecular flexibility index (Phi) is 46.2. The summed E-state index contributed by atoms with van der Waals surface area (Å²) < 4.78 is 16.8. The highest BCUT2D eigenvalue weighted by molar-refractivity contribution is 5.71. The molecular formula is C53H102O6. The lowest BCUT2D eigenvalue weighted by Gasteiger charge is -2.18. The summed E-state index contributed by atoms with van der Waals surface area (Å²) in [5.74, 6) is -0.00262. The zero-order valence-corrected chi connectivity index (χ0v) is 40.2. The van der Waals surface area contributed by atoms with Crippen molar-refractivity contribution in [3.8, 4) is 0 Å². The quantitative estimate of drug-likeness (QED) is 0.0345. The minimum atomic E-state index is -0.761. The summed E-state index contributed by atoms with van der Waals surface area (Å²) in [6.07, 6.45) is 49.5. The van der Waals surface area contributed by atoms with Crippen LogP contribution in [0.4, 0.5) is 0 Å². The van der Waals surface area contributed by atoms with Crippen LogP contribution in [0.2, 0.25) is 0 Å². The summed E-state index contributed by atoms with van der Waals surface area (Å²) in [4.78, 5) is 37.9. The van der Waals surface area contributed by atoms with Gasteiger partial charge in [-0.25, -0.2) is 0 Å². The number of ether oxygens (including phenoxy) is 3. The second-order valence-corrected chi connectivity index (χ2v) is 18.4. The monoisotopic (exact) mass is 835 g/mol. The second-order valence-electron chi connectivity index (χ2n) is 18.4. The Labute approximate surface area is 368 Å². The zero-order chi connectivity index (χ0) is 43.1. The Morgan fingerprint density at radius 2 is 0.593 bits per heavy atom. The Bertz CT molecular complexity index is 889. The number of carbonyl (C=O) groups excluding carboxylic acids is 3. The first kappa shape index (κ1) is 57.4. The molecule has 0 aromatic rings. The molecule has 0 bridgehead atoms. The maximum Gasteiger partial charge on any atom is 0.306 e. The zero-order valence-electron chi connectivity index (χ0n) is 40.2. The highest BCUT2D eigenvalue weighted by Gasteiger charge is 2.19. The molecule has 6 nitrogen and oxygen atoms in total. The number of unbranched alkanes of at least 4 members (excludes halogenated alkanes) is 34. The molecule has 0 aliphatic heterocycles. The summed E-state index contributed by atoms with van der Waals surface area (Å²) in [5, 5.41) is 0. The Morgan fingerprint density at radius 1 is 0.339 bits per heavy atom. The van der Waals surface area contributed by atoms with E-state index in [1.54, 1.807) is 0 Å². The van der Waals surface area contributed by atoms with E-state index in [0.717, 1.165) is 63.7 Å². The molecule has 0 aromatic heterocycles. The van der Waals surface area contributed by atoms with Crippen LogP contribution < -0.4 is 0 Å². The lowest BCUT2D eigenvalue weighted by molar-refractivity contribution is -0.167. The van der Waals surface area contributed by atoms with E-state index < -0.39 is 6.10 Å². The minimum Gasteiger partial charge on any atom is -0.462 e. The summed E-state index contributed by atoms with van der Waals surface area (Å²) >= 11 is 0. The lowest BCUT2D eigenvalue weighted by Crippen LogP contribution is -2.30. The fourth-order valence-corrected chi connectivity index (χ4v) is 8.01. The van der Waals surface area contributed by atoms with E-state index in [4.69, 9.17) is 14.2 Å². The number of esters is 3. The number of hydrogen-bond acceptors (Lipinski definition) is 6. The van der Waals surface area contributed by atoms with Crippen LogP contribution in [-0.4, -0.2) is 37.2 Å². The van der Waals surface area contributed by atoms with Crippen molar-refractivity contribution < 1.29 is 28.6 Å². The van der Waals surface area contributed by atoms with E-state index in [9.17, 15) is 14.4 Å². The fraction of sp³-hybridized carbons (Fsp3) is 0.943. The van der Waals surface area contributed by atoms with Crippen LogP contribution in [0.3, 0.4) is 0 Å². The van der Waals surface area contributed by atoms with Crippen molar-refractivity contribution in [1.29, 1.82) is 0 Å². The second kappa shape index (κ2) is 47.5. The van der Waals surface area contributed by atoms with Gasteiger partial charge < -0.3 is 14.2 Å². The van der Waals surface area contributed by atoms with Gasteiger partial charge in [-0.2, -0.15) is 0 Å². The number of rotatable bonds is 48. The van der Waals surface area contributed by atoms with Gasteiger partial charge in [0.2, 0.25) is 0 Å². The van der Waals surface area contributed by atoms with Crippen LogP contribution in [0.25, 0.3) is 0 Å². The topological polar surface area (TPSA) is 78.9 Å². The first-order valence-electron chi connectivity index (χ1n) is 26.4. The summed E-state index contributed by atoms with van der Waals surface area (Å²) in [7, 11) is 0. The predicted octanol–water partition coefficient (Wildman–Crippen LogP) is 17.1. The van der Waals surface area contributed by atoms with E-state index in [0.29, 0.717) is 19.3 Å². The molecule has 59 heavy (non-hydrogen) atoms. The van der Waals surface area contributed by atoms with E-state index in [2.05, 4.69) is 27.7 Å². The van der Waals surface area contributed by atoms with Crippen LogP contribution in [0.1, 0.15) is 297 Å². The van der Waals surface area contributed by atoms with Gasteiger partial charge in [-0.05, 0) is 25.2 Å². The van der Waals surface area contributed by atoms with Crippen molar-refractivity contribution in [3.05, 3.63) is 0 Å². The third-order valence-electron chi connectivity index (χ3n) is 12.4. The molecule has 0 radical (unpaired) electrons. The molecule has 0 aromatic carbocycles. The average Bonchev–Trinajstić information content (AvgIpc) is 3.23. The number of carbonyl (C=O) groups is 3. The maximum absolute atomic E-state index is 12.8. The molecule has 2 atom stereocenters. The van der Waals surface area contributed by atoms with Crippen molar-refractivity contribution in [2.24, 2.45) is 5.92 Å². The van der Waals surface area contributed by atoms with Gasteiger partial charge in [0.15, 0.2) is 6.10 Å². The van der Waals surface area contributed by atoms with Crippen LogP contribution in [0.5, 0.6) is 0 Å². The van der Waals surface area contributed by atoms with Gasteiger partial charge in [-0.3, -0.25) is 14.4 Å². The molecule has 1 unspecified atom stereocenters. The molecule has 0 aliphatic carbocycles. The Balaban J connectivity index is 4.23. The highest BCUT2D eigenvalue weighted by atomic mass is 16.6. The van der Waals surface area contributed by atoms with Crippen LogP contribution in [-0.2, 0) is 28.6 Å². The van der Waals surface area contributed by atoms with Gasteiger partial charge in [0.05, 0.1) is 0 Å². The standard InChI is InChI=1S/C53H102O6/c1-5-8-10-12-14-16-18-19-20-21-22-23-24-25-26-28-33-37-41-45-52(55)58-48-50(47-57-51(54)44-40-36-32-27-17-15-13-11-9-6-2)59-53(56)46-42-38-34-30-29-31-35-39-43-49(4)7-3/h49-50H,5-48H2,1-4H3/t49?,50-/m1/s1. The largest absolute Gasteiger partial charge is 0.462 e. The number of hydrogen-bond donors (Lipinski definition) is 0. The SMILES string of the molecule is CCCCCCCCCCCCCCCCCCCCCC(=O)OC[C@@H](COC(=O)CCCCCCCCCCCC)OC(=O)CCCCCCCCCCC(C)CC. The predicted molar refractivity (Wildman–Crippen MR) is 252 cm³/mol. The Hall–Kier alpha value is -1.59. The molecule has 6 heteroatoms. The average molecular weight is 835 g/mol. The van der Waals surface area contributed by atoms with Crippen molar-refractivity contribution in [2.75, 3.05) is 13.2 Å². The van der Waals surface area contributed by atoms with Crippen molar-refractivity contribution in [2.45, 2.75) is 303 Å². The third-order valence-corrected chi connectivity index (χ3v) is 12.4. The van der Waals surface area contributed by atoms with Gasteiger partial charge >= 0.3 is 17.9 Å². The van der Waals surface area contributed by atoms with E-state index in [1.807, 2.05) is 0 Å². The van der Waals surface area contributed by atoms with Gasteiger partial charge in [0, 0.05) is 19.3 Å². The van der Waals surface area contributed by atoms with Crippen molar-refractivity contribution in [3.63, 3.8) is 0 Å². The first-order valence-corrected chi connectivity index (χ1v) is 26.4. The molecule has 350 valence electrons. The van der Waals surface area contributed by atoms with E-state index in [-0.39, 0.29) is 31.1 Å². The molecular weight excluding hydrogens is 733 g/mol. The van der Waals surface area contributed by atoms with Gasteiger partial charge in [0.1, 0.15) is 13.2 Å². The summed E-state index contributed by atoms with van der Waals surface area (Å²) in [6.45, 7) is 9.02. The molecule has 0 heterocycles. The fourth-order valence-electron chi connectivity index (χ4n) is 8.01. The van der Waals surface area contributed by atoms with Gasteiger partial charge in [-0.1, -0.05) is 259 Å². The van der Waals surface area contributed by atoms with Gasteiger partial charge in [-0.15, -0.1) is 0 Å². The van der Waals surface area contributed by atoms with Crippen LogP contribution in [0.15, 0.2) is 0 Å². The van der Waals surface area contributed by atoms with E-state index >= 15 is 0 Å². The normalized spacial score (nSPS) is 12.4. The van der Waals surface area contributed by atoms with Crippen molar-refractivity contribution >= 4 is 17.9 Å². The Morgan fingerprint density at radius 3 is 0.881 bits per heavy atom. The van der Waals surface area contributed by atoms with Crippen LogP contribution in [0, 0.1) is 5.92 Å². The molecule has 0 fully saturated rings. The van der Waals surface area contributed by atoms with Gasteiger partial charge in [0.25, 0.3) is 0 Å². The van der Waals surface area contributed by atoms with Crippen molar-refractivity contribution in [1.82, 2.24) is 0 Å². The third kappa shape index (κ3) is 45.8. The maximum atomic E-state index is 12.8. The molecule has 0 saturated heterocycles. The molecule has 0 N–H and O–H groups in total. The lowest BCUT2D eigenvalue weighted by atomic mass is 9.99. The highest BCUT2D eigenvalue weighted by Crippen LogP contribution is 2.18. The smallest absolute Gasteiger partial charge is 0.306 e. The summed E-state index contributed by atoms with van der Waals surface area (Å²) in [6, 6.07) is 0. The molecule has 0 aliphatic rings. The minimum absolute atomic E-state index is 0.0632. The molecule has 0 spiro atoms. The van der Waals surface area contributed by atoms with E-state index in [1.165, 1.54) is 193 Å². The summed E-state index contributed by atoms with van der Waals surface area (Å²) in [5.41, 5.74) is 0. The molecule has 0 amide bonds. The first-order chi connectivity index (χ1) is 28.9. The molecule has 0 saturated carbocycles. The van der Waals surface area contributed by atoms with Crippen LogP contribution >= 0.6 is 0 Å².